The Morgan fingerprint density at radius 1 is 1.00 bits per heavy atom. The molecule has 0 aliphatic heterocycles. The van der Waals surface area contributed by atoms with Crippen LogP contribution in [0.5, 0.6) is 11.5 Å². The molecule has 5 heteroatoms. The standard InChI is InChI=1S/C20H16N2OS2/c1-13-10-17-20(24-13)19(8-9-21-17)25-16-11-18(14(2)22-12-16)23-15-6-4-3-5-7-15/h3-12H,1-2H3. The molecular formula is C20H16N2OS2. The molecule has 0 N–H and O–H groups in total. The summed E-state index contributed by atoms with van der Waals surface area (Å²) in [5.41, 5.74) is 1.92. The Kier molecular flexibility index (Phi) is 4.42. The van der Waals surface area contributed by atoms with E-state index in [2.05, 4.69) is 29.0 Å². The minimum atomic E-state index is 0.781. The predicted molar refractivity (Wildman–Crippen MR) is 104 cm³/mol. The second-order valence-electron chi connectivity index (χ2n) is 5.65. The van der Waals surface area contributed by atoms with E-state index in [1.54, 1.807) is 23.1 Å². The molecule has 0 saturated carbocycles. The zero-order valence-corrected chi connectivity index (χ0v) is 15.5. The third kappa shape index (κ3) is 3.52. The smallest absolute Gasteiger partial charge is 0.149 e. The van der Waals surface area contributed by atoms with Crippen molar-refractivity contribution in [2.75, 3.05) is 0 Å². The van der Waals surface area contributed by atoms with Crippen molar-refractivity contribution in [3.05, 3.63) is 71.5 Å². The van der Waals surface area contributed by atoms with Gasteiger partial charge in [-0.15, -0.1) is 11.3 Å². The number of aromatic nitrogens is 2. The number of rotatable bonds is 4. The maximum absolute atomic E-state index is 5.99. The highest BCUT2D eigenvalue weighted by Gasteiger charge is 2.10. The van der Waals surface area contributed by atoms with E-state index in [0.29, 0.717) is 0 Å². The molecule has 0 fully saturated rings. The fraction of sp³-hybridized carbons (Fsp3) is 0.100. The van der Waals surface area contributed by atoms with E-state index in [1.807, 2.05) is 55.7 Å². The minimum absolute atomic E-state index is 0.781. The van der Waals surface area contributed by atoms with Gasteiger partial charge < -0.3 is 4.74 Å². The Hall–Kier alpha value is -2.37. The number of pyridine rings is 2. The summed E-state index contributed by atoms with van der Waals surface area (Å²) in [6, 6.07) is 16.0. The highest BCUT2D eigenvalue weighted by Crippen LogP contribution is 2.38. The van der Waals surface area contributed by atoms with Crippen LogP contribution in [-0.4, -0.2) is 9.97 Å². The van der Waals surface area contributed by atoms with Gasteiger partial charge in [-0.3, -0.25) is 9.97 Å². The van der Waals surface area contributed by atoms with Gasteiger partial charge in [0.2, 0.25) is 0 Å². The van der Waals surface area contributed by atoms with Crippen LogP contribution in [0, 0.1) is 13.8 Å². The first-order valence-electron chi connectivity index (χ1n) is 7.91. The lowest BCUT2D eigenvalue weighted by atomic mass is 10.3. The first-order chi connectivity index (χ1) is 12.2. The van der Waals surface area contributed by atoms with Crippen LogP contribution in [0.1, 0.15) is 10.6 Å². The average molecular weight is 364 g/mol. The van der Waals surface area contributed by atoms with Crippen LogP contribution >= 0.6 is 23.1 Å². The summed E-state index contributed by atoms with van der Waals surface area (Å²) in [6.07, 6.45) is 3.75. The van der Waals surface area contributed by atoms with Crippen molar-refractivity contribution in [2.24, 2.45) is 0 Å². The molecular weight excluding hydrogens is 348 g/mol. The second-order valence-corrected chi connectivity index (χ2v) is 8.02. The van der Waals surface area contributed by atoms with Crippen LogP contribution in [0.3, 0.4) is 0 Å². The molecule has 0 spiro atoms. The Morgan fingerprint density at radius 2 is 1.84 bits per heavy atom. The van der Waals surface area contributed by atoms with Gasteiger partial charge in [-0.05, 0) is 44.2 Å². The molecule has 3 nitrogen and oxygen atoms in total. The van der Waals surface area contributed by atoms with Gasteiger partial charge in [0, 0.05) is 27.1 Å². The third-order valence-electron chi connectivity index (χ3n) is 3.71. The molecule has 25 heavy (non-hydrogen) atoms. The van der Waals surface area contributed by atoms with Crippen molar-refractivity contribution < 1.29 is 4.74 Å². The molecule has 1 aromatic carbocycles. The summed E-state index contributed by atoms with van der Waals surface area (Å²) < 4.78 is 7.21. The van der Waals surface area contributed by atoms with Crippen molar-refractivity contribution in [3.63, 3.8) is 0 Å². The van der Waals surface area contributed by atoms with Crippen molar-refractivity contribution in [1.82, 2.24) is 9.97 Å². The van der Waals surface area contributed by atoms with E-state index in [1.165, 1.54) is 14.5 Å². The number of para-hydroxylation sites is 1. The van der Waals surface area contributed by atoms with E-state index in [4.69, 9.17) is 4.74 Å². The molecule has 0 saturated heterocycles. The van der Waals surface area contributed by atoms with Crippen LogP contribution in [0.2, 0.25) is 0 Å². The molecule has 124 valence electrons. The van der Waals surface area contributed by atoms with Crippen LogP contribution in [0.25, 0.3) is 10.2 Å². The van der Waals surface area contributed by atoms with Crippen LogP contribution < -0.4 is 4.74 Å². The molecule has 0 unspecified atom stereocenters. The van der Waals surface area contributed by atoms with Gasteiger partial charge >= 0.3 is 0 Å². The molecule has 0 atom stereocenters. The number of hydrogen-bond donors (Lipinski definition) is 0. The Balaban J connectivity index is 1.65. The summed E-state index contributed by atoms with van der Waals surface area (Å²) in [5, 5.41) is 0. The van der Waals surface area contributed by atoms with E-state index in [9.17, 15) is 0 Å². The number of ether oxygens (including phenoxy) is 1. The number of nitrogens with zero attached hydrogens (tertiary/aromatic N) is 2. The molecule has 4 rings (SSSR count). The van der Waals surface area contributed by atoms with Gasteiger partial charge in [-0.1, -0.05) is 30.0 Å². The van der Waals surface area contributed by atoms with Crippen molar-refractivity contribution in [1.29, 1.82) is 0 Å². The molecule has 0 amide bonds. The SMILES string of the molecule is Cc1cc2nccc(Sc3cnc(C)c(Oc4ccccc4)c3)c2s1. The highest BCUT2D eigenvalue weighted by atomic mass is 32.2. The maximum atomic E-state index is 5.99. The second kappa shape index (κ2) is 6.86. The maximum Gasteiger partial charge on any atom is 0.149 e. The first-order valence-corrected chi connectivity index (χ1v) is 9.55. The predicted octanol–water partition coefficient (Wildman–Crippen LogP) is 6.25. The van der Waals surface area contributed by atoms with Gasteiger partial charge in [0.1, 0.15) is 11.5 Å². The van der Waals surface area contributed by atoms with Gasteiger partial charge in [0.25, 0.3) is 0 Å². The molecule has 0 aliphatic rings. The van der Waals surface area contributed by atoms with E-state index < -0.39 is 0 Å². The Labute approximate surface area is 154 Å². The fourth-order valence-corrected chi connectivity index (χ4v) is 4.49. The molecule has 3 aromatic heterocycles. The number of benzene rings is 1. The summed E-state index contributed by atoms with van der Waals surface area (Å²) in [7, 11) is 0. The normalized spacial score (nSPS) is 11.0. The molecule has 0 aliphatic carbocycles. The van der Waals surface area contributed by atoms with Crippen LogP contribution in [0.4, 0.5) is 0 Å². The van der Waals surface area contributed by atoms with Crippen LogP contribution in [-0.2, 0) is 0 Å². The topological polar surface area (TPSA) is 35.0 Å². The Morgan fingerprint density at radius 3 is 2.68 bits per heavy atom. The lowest BCUT2D eigenvalue weighted by molar-refractivity contribution is 0.474. The van der Waals surface area contributed by atoms with E-state index >= 15 is 0 Å². The quantitative estimate of drug-likeness (QED) is 0.428. The summed E-state index contributed by atoms with van der Waals surface area (Å²) in [4.78, 5) is 12.5. The van der Waals surface area contributed by atoms with E-state index in [-0.39, 0.29) is 0 Å². The number of fused-ring (bicyclic) bond motifs is 1. The number of aryl methyl sites for hydroxylation is 2. The zero-order valence-electron chi connectivity index (χ0n) is 13.9. The molecule has 0 bridgehead atoms. The van der Waals surface area contributed by atoms with Crippen molar-refractivity contribution in [2.45, 2.75) is 23.6 Å². The minimum Gasteiger partial charge on any atom is -0.455 e. The van der Waals surface area contributed by atoms with Crippen LogP contribution in [0.15, 0.2) is 70.7 Å². The summed E-state index contributed by atoms with van der Waals surface area (Å²) in [5.74, 6) is 1.60. The number of hydrogen-bond acceptors (Lipinski definition) is 5. The highest BCUT2D eigenvalue weighted by molar-refractivity contribution is 7.99. The van der Waals surface area contributed by atoms with Gasteiger partial charge in [-0.2, -0.15) is 0 Å². The molecule has 4 aromatic rings. The fourth-order valence-electron chi connectivity index (χ4n) is 2.51. The largest absolute Gasteiger partial charge is 0.455 e. The zero-order chi connectivity index (χ0) is 17.2. The lowest BCUT2D eigenvalue weighted by Crippen LogP contribution is -1.91. The van der Waals surface area contributed by atoms with Crippen molar-refractivity contribution >= 4 is 33.3 Å². The molecule has 3 heterocycles. The van der Waals surface area contributed by atoms with E-state index in [0.717, 1.165) is 27.6 Å². The average Bonchev–Trinajstić information content (AvgIpc) is 3.00. The first kappa shape index (κ1) is 16.1. The van der Waals surface area contributed by atoms with Gasteiger partial charge in [-0.25, -0.2) is 0 Å². The third-order valence-corrected chi connectivity index (χ3v) is 5.93. The lowest BCUT2D eigenvalue weighted by Gasteiger charge is -2.10. The van der Waals surface area contributed by atoms with Crippen molar-refractivity contribution in [3.8, 4) is 11.5 Å². The summed E-state index contributed by atoms with van der Waals surface area (Å²) in [6.45, 7) is 4.07. The summed E-state index contributed by atoms with van der Waals surface area (Å²) >= 11 is 3.46. The van der Waals surface area contributed by atoms with Gasteiger partial charge in [0.15, 0.2) is 0 Å². The number of thiophene rings is 1. The molecule has 0 radical (unpaired) electrons. The monoisotopic (exact) mass is 364 g/mol. The van der Waals surface area contributed by atoms with Gasteiger partial charge in [0.05, 0.1) is 15.9 Å². The Bertz CT molecular complexity index is 1030.